The predicted molar refractivity (Wildman–Crippen MR) is 95.0 cm³/mol. The number of ether oxygens (including phenoxy) is 3. The second-order valence-corrected chi connectivity index (χ2v) is 7.09. The zero-order chi connectivity index (χ0) is 18.8. The van der Waals surface area contributed by atoms with Crippen LogP contribution in [0.15, 0.2) is 18.2 Å². The molecule has 0 saturated carbocycles. The molecule has 1 aliphatic rings. The topological polar surface area (TPSA) is 63.2 Å². The SMILES string of the molecule is COC(=O)CC(B1OC(C)(C)C(C)(C)O1)c1c(OC)cccc1OC. The van der Waals surface area contributed by atoms with E-state index in [2.05, 4.69) is 0 Å². The van der Waals surface area contributed by atoms with Gasteiger partial charge in [0.2, 0.25) is 0 Å². The normalized spacial score (nSPS) is 19.4. The van der Waals surface area contributed by atoms with Crippen molar-refractivity contribution < 1.29 is 28.3 Å². The van der Waals surface area contributed by atoms with Crippen molar-refractivity contribution in [3.63, 3.8) is 0 Å². The molecule has 1 aromatic carbocycles. The number of hydrogen-bond donors (Lipinski definition) is 0. The molecule has 0 spiro atoms. The van der Waals surface area contributed by atoms with Crippen LogP contribution in [0.1, 0.15) is 45.5 Å². The smallest absolute Gasteiger partial charge is 0.466 e. The van der Waals surface area contributed by atoms with Crippen LogP contribution in [0.25, 0.3) is 0 Å². The lowest BCUT2D eigenvalue weighted by Gasteiger charge is -2.32. The highest BCUT2D eigenvalue weighted by Crippen LogP contribution is 2.45. The van der Waals surface area contributed by atoms with Crippen molar-refractivity contribution in [1.29, 1.82) is 0 Å². The van der Waals surface area contributed by atoms with E-state index in [1.165, 1.54) is 7.11 Å². The Balaban J connectivity index is 2.50. The first-order valence-corrected chi connectivity index (χ1v) is 8.30. The van der Waals surface area contributed by atoms with Crippen molar-refractivity contribution in [2.24, 2.45) is 0 Å². The van der Waals surface area contributed by atoms with Gasteiger partial charge in [-0.2, -0.15) is 0 Å². The van der Waals surface area contributed by atoms with E-state index in [0.29, 0.717) is 11.5 Å². The fourth-order valence-corrected chi connectivity index (χ4v) is 2.90. The van der Waals surface area contributed by atoms with Gasteiger partial charge in [0.1, 0.15) is 11.5 Å². The summed E-state index contributed by atoms with van der Waals surface area (Å²) in [4.78, 5) is 12.1. The molecule has 1 heterocycles. The Morgan fingerprint density at radius 2 is 1.52 bits per heavy atom. The van der Waals surface area contributed by atoms with Crippen LogP contribution in [0.4, 0.5) is 0 Å². The second-order valence-electron chi connectivity index (χ2n) is 7.09. The van der Waals surface area contributed by atoms with E-state index in [4.69, 9.17) is 23.5 Å². The molecule has 1 unspecified atom stereocenters. The average molecular weight is 350 g/mol. The standard InChI is InChI=1S/C18H27BO6/c1-17(2)18(3,4)25-19(24-17)12(11-15(20)23-7)16-13(21-5)9-8-10-14(16)22-6/h8-10,12H,11H2,1-7H3. The van der Waals surface area contributed by atoms with Crippen LogP contribution in [0.5, 0.6) is 11.5 Å². The van der Waals surface area contributed by atoms with Gasteiger partial charge in [-0.15, -0.1) is 0 Å². The Hall–Kier alpha value is -1.73. The van der Waals surface area contributed by atoms with Gasteiger partial charge >= 0.3 is 13.1 Å². The molecule has 1 saturated heterocycles. The number of esters is 1. The van der Waals surface area contributed by atoms with E-state index in [1.807, 2.05) is 45.9 Å². The third-order valence-corrected chi connectivity index (χ3v) is 5.05. The van der Waals surface area contributed by atoms with Gasteiger partial charge in [0, 0.05) is 11.4 Å². The lowest BCUT2D eigenvalue weighted by atomic mass is 9.65. The van der Waals surface area contributed by atoms with Gasteiger partial charge in [0.05, 0.1) is 39.0 Å². The number of carbonyl (C=O) groups is 1. The molecule has 0 aromatic heterocycles. The molecule has 0 radical (unpaired) electrons. The highest BCUT2D eigenvalue weighted by atomic mass is 16.7. The van der Waals surface area contributed by atoms with Gasteiger partial charge in [0.15, 0.2) is 0 Å². The van der Waals surface area contributed by atoms with Gasteiger partial charge < -0.3 is 23.5 Å². The summed E-state index contributed by atoms with van der Waals surface area (Å²) >= 11 is 0. The molecular formula is C18H27BO6. The number of rotatable bonds is 6. The lowest BCUT2D eigenvalue weighted by molar-refractivity contribution is -0.140. The third kappa shape index (κ3) is 3.77. The van der Waals surface area contributed by atoms with Gasteiger partial charge in [-0.1, -0.05) is 6.07 Å². The van der Waals surface area contributed by atoms with Gasteiger partial charge in [-0.25, -0.2) is 0 Å². The average Bonchev–Trinajstić information content (AvgIpc) is 2.79. The van der Waals surface area contributed by atoms with Crippen LogP contribution in [-0.2, 0) is 18.8 Å². The molecule has 138 valence electrons. The molecule has 0 aliphatic carbocycles. The van der Waals surface area contributed by atoms with E-state index >= 15 is 0 Å². The molecular weight excluding hydrogens is 323 g/mol. The van der Waals surface area contributed by atoms with Crippen molar-refractivity contribution in [2.45, 2.75) is 51.1 Å². The summed E-state index contributed by atoms with van der Waals surface area (Å²) in [5.74, 6) is 0.443. The quantitative estimate of drug-likeness (QED) is 0.581. The molecule has 0 N–H and O–H groups in total. The van der Waals surface area contributed by atoms with E-state index < -0.39 is 24.1 Å². The summed E-state index contributed by atoms with van der Waals surface area (Å²) in [7, 11) is 3.90. The van der Waals surface area contributed by atoms with Gasteiger partial charge in [-0.3, -0.25) is 4.79 Å². The van der Waals surface area contributed by atoms with Gasteiger partial charge in [0.25, 0.3) is 0 Å². The molecule has 1 fully saturated rings. The number of benzene rings is 1. The third-order valence-electron chi connectivity index (χ3n) is 5.05. The molecule has 1 atom stereocenters. The molecule has 1 aromatic rings. The first kappa shape index (κ1) is 19.6. The first-order valence-electron chi connectivity index (χ1n) is 8.30. The molecule has 0 bridgehead atoms. The summed E-state index contributed by atoms with van der Waals surface area (Å²) < 4.78 is 28.3. The minimum absolute atomic E-state index is 0.0874. The maximum absolute atomic E-state index is 12.1. The first-order chi connectivity index (χ1) is 11.7. The fourth-order valence-electron chi connectivity index (χ4n) is 2.90. The Kier molecular flexibility index (Phi) is 5.69. The summed E-state index contributed by atoms with van der Waals surface area (Å²) in [6.45, 7) is 7.90. The van der Waals surface area contributed by atoms with E-state index in [9.17, 15) is 4.79 Å². The summed E-state index contributed by atoms with van der Waals surface area (Å²) in [6.07, 6.45) is 0.0874. The van der Waals surface area contributed by atoms with Crippen molar-refractivity contribution in [1.82, 2.24) is 0 Å². The predicted octanol–water partition coefficient (Wildman–Crippen LogP) is 2.98. The molecule has 25 heavy (non-hydrogen) atoms. The van der Waals surface area contributed by atoms with Crippen molar-refractivity contribution in [3.8, 4) is 11.5 Å². The number of hydrogen-bond acceptors (Lipinski definition) is 6. The minimum atomic E-state index is -0.630. The van der Waals surface area contributed by atoms with Crippen LogP contribution in [0, 0.1) is 0 Å². The van der Waals surface area contributed by atoms with Crippen molar-refractivity contribution in [3.05, 3.63) is 23.8 Å². The van der Waals surface area contributed by atoms with E-state index in [0.717, 1.165) is 5.56 Å². The van der Waals surface area contributed by atoms with Crippen molar-refractivity contribution in [2.75, 3.05) is 21.3 Å². The van der Waals surface area contributed by atoms with Crippen LogP contribution in [-0.4, -0.2) is 45.6 Å². The summed E-state index contributed by atoms with van der Waals surface area (Å²) in [6, 6.07) is 5.49. The largest absolute Gasteiger partial charge is 0.496 e. The zero-order valence-corrected chi connectivity index (χ0v) is 16.0. The van der Waals surface area contributed by atoms with Crippen LogP contribution >= 0.6 is 0 Å². The Morgan fingerprint density at radius 1 is 1.04 bits per heavy atom. The summed E-state index contributed by atoms with van der Waals surface area (Å²) in [5.41, 5.74) is -0.292. The molecule has 1 aliphatic heterocycles. The van der Waals surface area contributed by atoms with Crippen LogP contribution < -0.4 is 9.47 Å². The Labute approximate surface area is 149 Å². The van der Waals surface area contributed by atoms with E-state index in [1.54, 1.807) is 14.2 Å². The highest BCUT2D eigenvalue weighted by Gasteiger charge is 2.55. The number of methoxy groups -OCH3 is 3. The Bertz CT molecular complexity index is 590. The summed E-state index contributed by atoms with van der Waals surface area (Å²) in [5, 5.41) is 0. The number of carbonyl (C=O) groups excluding carboxylic acids is 1. The molecule has 6 nitrogen and oxygen atoms in total. The molecule has 2 rings (SSSR count). The second kappa shape index (κ2) is 7.26. The monoisotopic (exact) mass is 350 g/mol. The fraction of sp³-hybridized carbons (Fsp3) is 0.611. The molecule has 0 amide bonds. The lowest BCUT2D eigenvalue weighted by Crippen LogP contribution is -2.41. The minimum Gasteiger partial charge on any atom is -0.496 e. The van der Waals surface area contributed by atoms with Gasteiger partial charge in [-0.05, 0) is 39.8 Å². The Morgan fingerprint density at radius 3 is 1.92 bits per heavy atom. The highest BCUT2D eigenvalue weighted by molar-refractivity contribution is 6.48. The maximum atomic E-state index is 12.1. The zero-order valence-electron chi connectivity index (χ0n) is 16.0. The maximum Gasteiger partial charge on any atom is 0.466 e. The van der Waals surface area contributed by atoms with Crippen molar-refractivity contribution >= 4 is 13.1 Å². The van der Waals surface area contributed by atoms with Crippen LogP contribution in [0.3, 0.4) is 0 Å². The van der Waals surface area contributed by atoms with E-state index in [-0.39, 0.29) is 12.4 Å². The molecule has 7 heteroatoms. The van der Waals surface area contributed by atoms with Crippen LogP contribution in [0.2, 0.25) is 0 Å².